The van der Waals surface area contributed by atoms with Gasteiger partial charge in [0.1, 0.15) is 5.01 Å². The minimum Gasteiger partial charge on any atom is -0.379 e. The quantitative estimate of drug-likeness (QED) is 0.826. The van der Waals surface area contributed by atoms with Crippen LogP contribution in [-0.2, 0) is 17.7 Å². The predicted octanol–water partition coefficient (Wildman–Crippen LogP) is 0.970. The third-order valence-electron chi connectivity index (χ3n) is 3.03. The number of morpholine rings is 1. The Bertz CT molecular complexity index is 516. The molecule has 3 heterocycles. The van der Waals surface area contributed by atoms with Gasteiger partial charge in [0.15, 0.2) is 5.82 Å². The summed E-state index contributed by atoms with van der Waals surface area (Å²) in [5.74, 6) is 0.969. The molecule has 0 radical (unpaired) electrons. The summed E-state index contributed by atoms with van der Waals surface area (Å²) in [6, 6.07) is 0. The molecular formula is C11H17N5OS. The topological polar surface area (TPSA) is 55.5 Å². The highest BCUT2D eigenvalue weighted by molar-refractivity contribution is 7.16. The van der Waals surface area contributed by atoms with Gasteiger partial charge in [-0.15, -0.1) is 10.2 Å². The van der Waals surface area contributed by atoms with Gasteiger partial charge < -0.3 is 4.74 Å². The highest BCUT2D eigenvalue weighted by Gasteiger charge is 2.15. The van der Waals surface area contributed by atoms with Gasteiger partial charge in [-0.05, 0) is 6.42 Å². The molecule has 1 aliphatic rings. The van der Waals surface area contributed by atoms with Crippen molar-refractivity contribution in [2.75, 3.05) is 26.3 Å². The zero-order chi connectivity index (χ0) is 12.4. The van der Waals surface area contributed by atoms with Crippen LogP contribution in [0.25, 0.3) is 4.96 Å². The number of fused-ring (bicyclic) bond motifs is 1. The molecule has 3 rings (SSSR count). The zero-order valence-corrected chi connectivity index (χ0v) is 11.3. The maximum Gasteiger partial charge on any atom is 0.234 e. The van der Waals surface area contributed by atoms with Gasteiger partial charge in [-0.1, -0.05) is 18.3 Å². The van der Waals surface area contributed by atoms with Crippen molar-refractivity contribution in [2.45, 2.75) is 26.3 Å². The van der Waals surface area contributed by atoms with Crippen LogP contribution in [0.1, 0.15) is 24.2 Å². The van der Waals surface area contributed by atoms with Crippen molar-refractivity contribution in [3.8, 4) is 0 Å². The van der Waals surface area contributed by atoms with Crippen LogP contribution in [0, 0.1) is 0 Å². The van der Waals surface area contributed by atoms with Crippen molar-refractivity contribution in [1.29, 1.82) is 0 Å². The molecule has 0 aliphatic carbocycles. The Morgan fingerprint density at radius 3 is 2.89 bits per heavy atom. The second kappa shape index (κ2) is 5.29. The maximum atomic E-state index is 5.35. The van der Waals surface area contributed by atoms with E-state index in [9.17, 15) is 0 Å². The predicted molar refractivity (Wildman–Crippen MR) is 68.8 cm³/mol. The molecule has 0 unspecified atom stereocenters. The van der Waals surface area contributed by atoms with Crippen LogP contribution in [0.2, 0.25) is 0 Å². The van der Waals surface area contributed by atoms with Crippen molar-refractivity contribution < 1.29 is 4.74 Å². The first-order valence-corrected chi connectivity index (χ1v) is 7.18. The summed E-state index contributed by atoms with van der Waals surface area (Å²) in [6.45, 7) is 6.66. The largest absolute Gasteiger partial charge is 0.379 e. The van der Waals surface area contributed by atoms with E-state index >= 15 is 0 Å². The molecule has 18 heavy (non-hydrogen) atoms. The monoisotopic (exact) mass is 267 g/mol. The Morgan fingerprint density at radius 2 is 2.11 bits per heavy atom. The SMILES string of the molecule is CCCc1nnc2sc(CN3CCOCC3)nn12. The summed E-state index contributed by atoms with van der Waals surface area (Å²) in [5, 5.41) is 14.1. The number of aromatic nitrogens is 4. The molecule has 1 fully saturated rings. The Hall–Kier alpha value is -1.05. The highest BCUT2D eigenvalue weighted by Crippen LogP contribution is 2.16. The minimum absolute atomic E-state index is 0.825. The molecule has 0 bridgehead atoms. The summed E-state index contributed by atoms with van der Waals surface area (Å²) in [7, 11) is 0. The first-order chi connectivity index (χ1) is 8.86. The van der Waals surface area contributed by atoms with Crippen LogP contribution >= 0.6 is 11.3 Å². The molecule has 0 spiro atoms. The first kappa shape index (κ1) is 12.0. The van der Waals surface area contributed by atoms with Crippen LogP contribution in [0.5, 0.6) is 0 Å². The van der Waals surface area contributed by atoms with Crippen LogP contribution < -0.4 is 0 Å². The van der Waals surface area contributed by atoms with E-state index < -0.39 is 0 Å². The van der Waals surface area contributed by atoms with Gasteiger partial charge in [0.25, 0.3) is 0 Å². The van der Waals surface area contributed by atoms with Gasteiger partial charge >= 0.3 is 0 Å². The van der Waals surface area contributed by atoms with Crippen molar-refractivity contribution in [2.24, 2.45) is 0 Å². The van der Waals surface area contributed by atoms with Crippen LogP contribution in [0.4, 0.5) is 0 Å². The molecule has 0 saturated carbocycles. The summed E-state index contributed by atoms with van der Waals surface area (Å²) < 4.78 is 7.24. The van der Waals surface area contributed by atoms with E-state index in [-0.39, 0.29) is 0 Å². The number of hydrogen-bond acceptors (Lipinski definition) is 6. The third-order valence-corrected chi connectivity index (χ3v) is 3.92. The average Bonchev–Trinajstić information content (AvgIpc) is 2.93. The van der Waals surface area contributed by atoms with Crippen LogP contribution in [0.3, 0.4) is 0 Å². The number of nitrogens with zero attached hydrogens (tertiary/aromatic N) is 5. The smallest absolute Gasteiger partial charge is 0.234 e. The van der Waals surface area contributed by atoms with E-state index in [1.54, 1.807) is 11.3 Å². The van der Waals surface area contributed by atoms with Gasteiger partial charge in [-0.3, -0.25) is 4.90 Å². The molecule has 1 saturated heterocycles. The lowest BCUT2D eigenvalue weighted by molar-refractivity contribution is 0.0340. The molecule has 0 amide bonds. The van der Waals surface area contributed by atoms with E-state index in [2.05, 4.69) is 27.1 Å². The molecule has 6 nitrogen and oxygen atoms in total. The normalized spacial score (nSPS) is 17.6. The van der Waals surface area contributed by atoms with Gasteiger partial charge in [-0.2, -0.15) is 9.61 Å². The Kier molecular flexibility index (Phi) is 3.53. The summed E-state index contributed by atoms with van der Waals surface area (Å²) in [6.07, 6.45) is 2.00. The highest BCUT2D eigenvalue weighted by atomic mass is 32.1. The zero-order valence-electron chi connectivity index (χ0n) is 10.5. The van der Waals surface area contributed by atoms with Crippen molar-refractivity contribution >= 4 is 16.3 Å². The number of aryl methyl sites for hydroxylation is 1. The summed E-state index contributed by atoms with van der Waals surface area (Å²) >= 11 is 1.63. The first-order valence-electron chi connectivity index (χ1n) is 6.37. The molecule has 1 aliphatic heterocycles. The average molecular weight is 267 g/mol. The fraction of sp³-hybridized carbons (Fsp3) is 0.727. The maximum absolute atomic E-state index is 5.35. The molecule has 7 heteroatoms. The molecule has 0 atom stereocenters. The standard InChI is InChI=1S/C11H17N5OS/c1-2-3-9-12-13-11-16(9)14-10(18-11)8-15-4-6-17-7-5-15/h2-8H2,1H3. The van der Waals surface area contributed by atoms with Gasteiger partial charge in [0, 0.05) is 19.5 Å². The third kappa shape index (κ3) is 2.38. The molecule has 2 aromatic rings. The summed E-state index contributed by atoms with van der Waals surface area (Å²) in [5.41, 5.74) is 0. The van der Waals surface area contributed by atoms with Gasteiger partial charge in [0.2, 0.25) is 4.96 Å². The van der Waals surface area contributed by atoms with E-state index in [0.717, 1.165) is 61.5 Å². The van der Waals surface area contributed by atoms with E-state index in [1.165, 1.54) is 0 Å². The van der Waals surface area contributed by atoms with Crippen LogP contribution in [-0.4, -0.2) is 51.0 Å². The van der Waals surface area contributed by atoms with E-state index in [1.807, 2.05) is 4.52 Å². The van der Waals surface area contributed by atoms with Crippen molar-refractivity contribution in [3.05, 3.63) is 10.8 Å². The van der Waals surface area contributed by atoms with E-state index in [0.29, 0.717) is 0 Å². The number of hydrogen-bond donors (Lipinski definition) is 0. The number of ether oxygens (including phenoxy) is 1. The Balaban J connectivity index is 1.76. The molecule has 98 valence electrons. The molecule has 2 aromatic heterocycles. The fourth-order valence-electron chi connectivity index (χ4n) is 2.09. The Morgan fingerprint density at radius 1 is 1.28 bits per heavy atom. The second-order valence-corrected chi connectivity index (χ2v) is 5.49. The van der Waals surface area contributed by atoms with Crippen molar-refractivity contribution in [1.82, 2.24) is 24.7 Å². The molecular weight excluding hydrogens is 250 g/mol. The second-order valence-electron chi connectivity index (χ2n) is 4.44. The van der Waals surface area contributed by atoms with E-state index in [4.69, 9.17) is 4.74 Å². The summed E-state index contributed by atoms with van der Waals surface area (Å²) in [4.78, 5) is 3.27. The fourth-order valence-corrected chi connectivity index (χ4v) is 2.99. The molecule has 0 N–H and O–H groups in total. The lowest BCUT2D eigenvalue weighted by atomic mass is 10.3. The molecule has 0 aromatic carbocycles. The van der Waals surface area contributed by atoms with Crippen LogP contribution in [0.15, 0.2) is 0 Å². The Labute approximate surface area is 110 Å². The lowest BCUT2D eigenvalue weighted by Crippen LogP contribution is -2.35. The minimum atomic E-state index is 0.825. The van der Waals surface area contributed by atoms with Crippen molar-refractivity contribution in [3.63, 3.8) is 0 Å². The lowest BCUT2D eigenvalue weighted by Gasteiger charge is -2.25. The number of rotatable bonds is 4. The van der Waals surface area contributed by atoms with Gasteiger partial charge in [-0.25, -0.2) is 0 Å². The van der Waals surface area contributed by atoms with Gasteiger partial charge in [0.05, 0.1) is 19.8 Å².